The summed E-state index contributed by atoms with van der Waals surface area (Å²) in [6, 6.07) is 0. The summed E-state index contributed by atoms with van der Waals surface area (Å²) in [4.78, 5) is 12.4. The van der Waals surface area contributed by atoms with Gasteiger partial charge in [0.05, 0.1) is 5.41 Å². The molecular weight excluding hydrogens is 347 g/mol. The van der Waals surface area contributed by atoms with Crippen molar-refractivity contribution in [3.05, 3.63) is 0 Å². The van der Waals surface area contributed by atoms with Crippen molar-refractivity contribution in [2.45, 2.75) is 59.9 Å². The molecule has 0 aromatic heterocycles. The first-order valence-electron chi connectivity index (χ1n) is 7.80. The van der Waals surface area contributed by atoms with E-state index in [0.29, 0.717) is 6.42 Å². The van der Waals surface area contributed by atoms with Gasteiger partial charge >= 0.3 is 21.5 Å². The van der Waals surface area contributed by atoms with Gasteiger partial charge in [0, 0.05) is 6.54 Å². The Morgan fingerprint density at radius 2 is 1.67 bits per heavy atom. The maximum Gasteiger partial charge on any atom is 0.511 e. The van der Waals surface area contributed by atoms with E-state index in [-0.39, 0.29) is 11.3 Å². The molecule has 0 radical (unpaired) electrons. The first-order chi connectivity index (χ1) is 10.6. The SMILES string of the molecule is CCC(C)C(C)(CC(C)(C)C)C(=O)OCCNS(=O)(=O)C(F)(F)F. The van der Waals surface area contributed by atoms with Crippen LogP contribution in [-0.4, -0.2) is 33.0 Å². The van der Waals surface area contributed by atoms with Crippen molar-refractivity contribution in [2.24, 2.45) is 16.7 Å². The minimum atomic E-state index is -5.42. The van der Waals surface area contributed by atoms with Gasteiger partial charge in [-0.05, 0) is 24.7 Å². The van der Waals surface area contributed by atoms with Crippen LogP contribution in [-0.2, 0) is 19.6 Å². The molecule has 9 heteroatoms. The summed E-state index contributed by atoms with van der Waals surface area (Å²) in [5.74, 6) is -0.519. The molecule has 0 bridgehead atoms. The van der Waals surface area contributed by atoms with Gasteiger partial charge in [0.1, 0.15) is 6.61 Å². The summed E-state index contributed by atoms with van der Waals surface area (Å²) in [5.41, 5.74) is -6.32. The van der Waals surface area contributed by atoms with Gasteiger partial charge in [-0.3, -0.25) is 4.79 Å². The highest BCUT2D eigenvalue weighted by atomic mass is 32.2. The normalized spacial score (nSPS) is 17.2. The van der Waals surface area contributed by atoms with Crippen molar-refractivity contribution in [1.29, 1.82) is 0 Å². The molecule has 5 nitrogen and oxygen atoms in total. The number of nitrogens with one attached hydrogen (secondary N) is 1. The van der Waals surface area contributed by atoms with Crippen molar-refractivity contribution in [1.82, 2.24) is 4.72 Å². The molecule has 0 amide bonds. The van der Waals surface area contributed by atoms with E-state index in [1.807, 2.05) is 34.6 Å². The van der Waals surface area contributed by atoms with Crippen LogP contribution in [0.1, 0.15) is 54.4 Å². The number of rotatable bonds is 8. The van der Waals surface area contributed by atoms with Crippen LogP contribution in [0.5, 0.6) is 0 Å². The number of ether oxygens (including phenoxy) is 1. The first-order valence-corrected chi connectivity index (χ1v) is 9.28. The number of carbonyl (C=O) groups is 1. The molecule has 0 spiro atoms. The summed E-state index contributed by atoms with van der Waals surface area (Å²) < 4.78 is 64.7. The number of carbonyl (C=O) groups excluding carboxylic acids is 1. The summed E-state index contributed by atoms with van der Waals surface area (Å²) in [6.45, 7) is 10.5. The average molecular weight is 375 g/mol. The molecule has 24 heavy (non-hydrogen) atoms. The smallest absolute Gasteiger partial charge is 0.464 e. The van der Waals surface area contributed by atoms with Crippen molar-refractivity contribution in [2.75, 3.05) is 13.2 Å². The van der Waals surface area contributed by atoms with Gasteiger partial charge in [-0.1, -0.05) is 41.0 Å². The Hall–Kier alpha value is -0.830. The van der Waals surface area contributed by atoms with E-state index in [4.69, 9.17) is 4.74 Å². The molecule has 2 unspecified atom stereocenters. The molecule has 0 rings (SSSR count). The molecule has 2 atom stereocenters. The third-order valence-corrected chi connectivity index (χ3v) is 5.19. The Kier molecular flexibility index (Phi) is 7.75. The second-order valence-electron chi connectivity index (χ2n) is 7.44. The minimum absolute atomic E-state index is 0.0103. The van der Waals surface area contributed by atoms with Crippen molar-refractivity contribution < 1.29 is 31.1 Å². The first kappa shape index (κ1) is 23.2. The third kappa shape index (κ3) is 6.58. The van der Waals surface area contributed by atoms with E-state index in [1.165, 1.54) is 4.72 Å². The van der Waals surface area contributed by atoms with Crippen LogP contribution in [0, 0.1) is 16.7 Å². The fourth-order valence-electron chi connectivity index (χ4n) is 2.57. The van der Waals surface area contributed by atoms with Crippen LogP contribution in [0.3, 0.4) is 0 Å². The largest absolute Gasteiger partial charge is 0.511 e. The minimum Gasteiger partial charge on any atom is -0.464 e. The van der Waals surface area contributed by atoms with Gasteiger partial charge < -0.3 is 4.74 Å². The molecule has 0 heterocycles. The molecule has 0 aliphatic heterocycles. The summed E-state index contributed by atoms with van der Waals surface area (Å²) >= 11 is 0. The quantitative estimate of drug-likeness (QED) is 0.521. The van der Waals surface area contributed by atoms with E-state index in [2.05, 4.69) is 0 Å². The average Bonchev–Trinajstić information content (AvgIpc) is 2.38. The fraction of sp³-hybridized carbons (Fsp3) is 0.933. The highest BCUT2D eigenvalue weighted by molar-refractivity contribution is 7.90. The van der Waals surface area contributed by atoms with Crippen LogP contribution in [0.25, 0.3) is 0 Å². The van der Waals surface area contributed by atoms with Crippen molar-refractivity contribution >= 4 is 16.0 Å². The third-order valence-electron chi connectivity index (χ3n) is 4.00. The molecule has 1 N–H and O–H groups in total. The molecule has 0 saturated carbocycles. The summed E-state index contributed by atoms with van der Waals surface area (Å²) in [6.07, 6.45) is 1.28. The Labute approximate surface area is 142 Å². The van der Waals surface area contributed by atoms with Crippen LogP contribution >= 0.6 is 0 Å². The Bertz CT molecular complexity index is 526. The lowest BCUT2D eigenvalue weighted by Gasteiger charge is -2.38. The van der Waals surface area contributed by atoms with Gasteiger partial charge in [-0.2, -0.15) is 13.2 Å². The predicted molar refractivity (Wildman–Crippen MR) is 85.6 cm³/mol. The van der Waals surface area contributed by atoms with Crippen LogP contribution < -0.4 is 4.72 Å². The zero-order chi connectivity index (χ0) is 19.4. The molecule has 0 aliphatic carbocycles. The Morgan fingerprint density at radius 1 is 1.17 bits per heavy atom. The highest BCUT2D eigenvalue weighted by Gasteiger charge is 2.46. The zero-order valence-electron chi connectivity index (χ0n) is 15.1. The number of hydrogen-bond donors (Lipinski definition) is 1. The van der Waals surface area contributed by atoms with E-state index in [9.17, 15) is 26.4 Å². The number of sulfonamides is 1. The molecule has 0 aromatic rings. The van der Waals surface area contributed by atoms with E-state index in [0.717, 1.165) is 6.42 Å². The lowest BCUT2D eigenvalue weighted by atomic mass is 9.67. The number of esters is 1. The second-order valence-corrected chi connectivity index (χ2v) is 9.20. The van der Waals surface area contributed by atoms with Crippen molar-refractivity contribution in [3.63, 3.8) is 0 Å². The number of halogens is 3. The molecule has 0 saturated heterocycles. The van der Waals surface area contributed by atoms with Crippen LogP contribution in [0.2, 0.25) is 0 Å². The summed E-state index contributed by atoms with van der Waals surface area (Å²) in [5, 5.41) is 0. The Morgan fingerprint density at radius 3 is 2.04 bits per heavy atom. The number of alkyl halides is 3. The highest BCUT2D eigenvalue weighted by Crippen LogP contribution is 2.41. The van der Waals surface area contributed by atoms with E-state index >= 15 is 0 Å². The van der Waals surface area contributed by atoms with Crippen LogP contribution in [0.15, 0.2) is 0 Å². The molecule has 0 aromatic carbocycles. The standard InChI is InChI=1S/C15H28F3NO4S/c1-7-11(2)14(6,10-13(3,4)5)12(20)23-9-8-19-24(21,22)15(16,17)18/h11,19H,7-10H2,1-6H3. The topological polar surface area (TPSA) is 72.5 Å². The molecule has 144 valence electrons. The lowest BCUT2D eigenvalue weighted by Crippen LogP contribution is -2.41. The Balaban J connectivity index is 4.82. The molecule has 0 fully saturated rings. The van der Waals surface area contributed by atoms with Gasteiger partial charge in [-0.15, -0.1) is 0 Å². The maximum atomic E-state index is 12.4. The van der Waals surface area contributed by atoms with E-state index in [1.54, 1.807) is 6.92 Å². The number of hydrogen-bond acceptors (Lipinski definition) is 4. The van der Waals surface area contributed by atoms with E-state index < -0.39 is 40.1 Å². The van der Waals surface area contributed by atoms with Crippen LogP contribution in [0.4, 0.5) is 13.2 Å². The predicted octanol–water partition coefficient (Wildman–Crippen LogP) is 3.46. The fourth-order valence-corrected chi connectivity index (χ4v) is 3.08. The summed E-state index contributed by atoms with van der Waals surface area (Å²) in [7, 11) is -5.42. The molecular formula is C15H28F3NO4S. The second kappa shape index (κ2) is 8.03. The lowest BCUT2D eigenvalue weighted by molar-refractivity contribution is -0.160. The maximum absolute atomic E-state index is 12.4. The van der Waals surface area contributed by atoms with Crippen molar-refractivity contribution in [3.8, 4) is 0 Å². The van der Waals surface area contributed by atoms with Gasteiger partial charge in [0.2, 0.25) is 0 Å². The monoisotopic (exact) mass is 375 g/mol. The van der Waals surface area contributed by atoms with Gasteiger partial charge in [-0.25, -0.2) is 13.1 Å². The van der Waals surface area contributed by atoms with Gasteiger partial charge in [0.15, 0.2) is 0 Å². The van der Waals surface area contributed by atoms with Gasteiger partial charge in [0.25, 0.3) is 0 Å². The molecule has 0 aliphatic rings. The zero-order valence-corrected chi connectivity index (χ0v) is 15.9.